The summed E-state index contributed by atoms with van der Waals surface area (Å²) in [6.45, 7) is 7.42. The van der Waals surface area contributed by atoms with Crippen LogP contribution in [0, 0.1) is 19.8 Å². The molecule has 2 amide bonds. The molecule has 0 spiro atoms. The summed E-state index contributed by atoms with van der Waals surface area (Å²) in [4.78, 5) is 27.9. The lowest BCUT2D eigenvalue weighted by atomic mass is 10.1. The fourth-order valence-electron chi connectivity index (χ4n) is 2.24. The number of rotatable bonds is 6. The minimum atomic E-state index is -0.630. The number of halogens is 2. The first-order valence-corrected chi connectivity index (χ1v) is 8.10. The van der Waals surface area contributed by atoms with E-state index in [0.29, 0.717) is 11.5 Å². The quantitative estimate of drug-likeness (QED) is 0.663. The van der Waals surface area contributed by atoms with Crippen LogP contribution in [0.15, 0.2) is 24.4 Å². The van der Waals surface area contributed by atoms with Gasteiger partial charge in [-0.15, -0.1) is 24.8 Å². The van der Waals surface area contributed by atoms with Crippen LogP contribution in [-0.4, -0.2) is 39.2 Å². The molecule has 0 saturated carbocycles. The van der Waals surface area contributed by atoms with Crippen LogP contribution < -0.4 is 16.4 Å². The van der Waals surface area contributed by atoms with E-state index >= 15 is 0 Å². The van der Waals surface area contributed by atoms with Gasteiger partial charge in [0.15, 0.2) is 5.82 Å². The average Bonchev–Trinajstić information content (AvgIpc) is 2.91. The molecule has 27 heavy (non-hydrogen) atoms. The van der Waals surface area contributed by atoms with Gasteiger partial charge in [0, 0.05) is 5.69 Å². The van der Waals surface area contributed by atoms with Crippen LogP contribution in [0.25, 0.3) is 5.82 Å². The molecule has 0 aliphatic heterocycles. The van der Waals surface area contributed by atoms with Crippen molar-refractivity contribution in [1.82, 2.24) is 20.1 Å². The summed E-state index contributed by atoms with van der Waals surface area (Å²) >= 11 is 0. The van der Waals surface area contributed by atoms with E-state index in [1.165, 1.54) is 0 Å². The summed E-state index contributed by atoms with van der Waals surface area (Å²) in [5.74, 6) is -0.0119. The summed E-state index contributed by atoms with van der Waals surface area (Å²) < 4.78 is 1.73. The maximum atomic E-state index is 11.9. The van der Waals surface area contributed by atoms with Gasteiger partial charge in [-0.3, -0.25) is 9.59 Å². The molecule has 0 unspecified atom stereocenters. The number of pyridine rings is 1. The Morgan fingerprint density at radius 3 is 2.37 bits per heavy atom. The molecule has 2 heterocycles. The van der Waals surface area contributed by atoms with E-state index in [2.05, 4.69) is 20.7 Å². The third-order valence-corrected chi connectivity index (χ3v) is 3.70. The minimum Gasteiger partial charge on any atom is -0.346 e. The highest BCUT2D eigenvalue weighted by Gasteiger charge is 2.17. The Labute approximate surface area is 171 Å². The molecular weight excluding hydrogens is 391 g/mol. The zero-order valence-corrected chi connectivity index (χ0v) is 17.4. The number of nitrogens with one attached hydrogen (secondary N) is 2. The van der Waals surface area contributed by atoms with Crippen molar-refractivity contribution in [3.05, 3.63) is 35.8 Å². The lowest BCUT2D eigenvalue weighted by Crippen LogP contribution is -2.46. The van der Waals surface area contributed by atoms with E-state index in [-0.39, 0.29) is 49.1 Å². The number of hydrogen-bond donors (Lipinski definition) is 3. The Balaban J connectivity index is 0.00000338. The third kappa shape index (κ3) is 6.82. The SMILES string of the molecule is Cc1cc(C)n(-c2ccc(NC(=O)CNC(=O)[C@@H](N)C(C)C)cn2)n1.Cl.Cl. The van der Waals surface area contributed by atoms with Gasteiger partial charge in [0.2, 0.25) is 11.8 Å². The molecule has 1 atom stereocenters. The number of carbonyl (C=O) groups excluding carboxylic acids is 2. The van der Waals surface area contributed by atoms with E-state index in [4.69, 9.17) is 5.73 Å². The maximum Gasteiger partial charge on any atom is 0.243 e. The average molecular weight is 417 g/mol. The van der Waals surface area contributed by atoms with Gasteiger partial charge in [0.05, 0.1) is 30.2 Å². The Bertz CT molecular complexity index is 761. The van der Waals surface area contributed by atoms with Crippen molar-refractivity contribution in [2.75, 3.05) is 11.9 Å². The number of aromatic nitrogens is 3. The van der Waals surface area contributed by atoms with Crippen LogP contribution >= 0.6 is 24.8 Å². The molecule has 0 bridgehead atoms. The topological polar surface area (TPSA) is 115 Å². The first-order chi connectivity index (χ1) is 11.8. The molecule has 0 aromatic carbocycles. The van der Waals surface area contributed by atoms with E-state index in [1.807, 2.05) is 33.8 Å². The third-order valence-electron chi connectivity index (χ3n) is 3.70. The van der Waals surface area contributed by atoms with Crippen LogP contribution in [0.2, 0.25) is 0 Å². The first kappa shape index (κ1) is 24.8. The van der Waals surface area contributed by atoms with Gasteiger partial charge in [0.25, 0.3) is 0 Å². The number of nitrogens with zero attached hydrogens (tertiary/aromatic N) is 3. The van der Waals surface area contributed by atoms with E-state index in [9.17, 15) is 9.59 Å². The van der Waals surface area contributed by atoms with Gasteiger partial charge in [-0.1, -0.05) is 13.8 Å². The molecule has 150 valence electrons. The Morgan fingerprint density at radius 2 is 1.89 bits per heavy atom. The molecule has 0 radical (unpaired) electrons. The maximum absolute atomic E-state index is 11.9. The van der Waals surface area contributed by atoms with Crippen LogP contribution in [0.4, 0.5) is 5.69 Å². The zero-order valence-electron chi connectivity index (χ0n) is 15.7. The molecule has 2 aromatic rings. The fraction of sp³-hybridized carbons (Fsp3) is 0.412. The molecule has 0 fully saturated rings. The Kier molecular flexibility index (Phi) is 9.99. The van der Waals surface area contributed by atoms with Crippen molar-refractivity contribution in [3.63, 3.8) is 0 Å². The van der Waals surface area contributed by atoms with Crippen molar-refractivity contribution >= 4 is 42.3 Å². The largest absolute Gasteiger partial charge is 0.346 e. The summed E-state index contributed by atoms with van der Waals surface area (Å²) in [6.07, 6.45) is 1.55. The van der Waals surface area contributed by atoms with Gasteiger partial charge >= 0.3 is 0 Å². The molecule has 8 nitrogen and oxygen atoms in total. The zero-order chi connectivity index (χ0) is 18.6. The van der Waals surface area contributed by atoms with Gasteiger partial charge in [-0.05, 0) is 38.0 Å². The number of hydrogen-bond acceptors (Lipinski definition) is 5. The molecule has 0 aliphatic rings. The lowest BCUT2D eigenvalue weighted by molar-refractivity contribution is -0.125. The van der Waals surface area contributed by atoms with E-state index in [0.717, 1.165) is 11.4 Å². The van der Waals surface area contributed by atoms with Crippen molar-refractivity contribution in [2.24, 2.45) is 11.7 Å². The van der Waals surface area contributed by atoms with Gasteiger partial charge in [0.1, 0.15) is 0 Å². The predicted molar refractivity (Wildman–Crippen MR) is 110 cm³/mol. The van der Waals surface area contributed by atoms with Crippen LogP contribution in [0.5, 0.6) is 0 Å². The summed E-state index contributed by atoms with van der Waals surface area (Å²) in [6, 6.07) is 4.83. The highest BCUT2D eigenvalue weighted by Crippen LogP contribution is 2.12. The van der Waals surface area contributed by atoms with E-state index < -0.39 is 6.04 Å². The highest BCUT2D eigenvalue weighted by atomic mass is 35.5. The standard InChI is InChI=1S/C17H24N6O2.2ClH/c1-10(2)16(18)17(25)20-9-15(24)21-13-5-6-14(19-8-13)23-12(4)7-11(3)22-23;;/h5-8,10,16H,9,18H2,1-4H3,(H,20,25)(H,21,24);2*1H/t16-;;/m0../s1. The second-order valence-electron chi connectivity index (χ2n) is 6.28. The molecule has 0 aliphatic carbocycles. The van der Waals surface area contributed by atoms with Crippen molar-refractivity contribution < 1.29 is 9.59 Å². The van der Waals surface area contributed by atoms with Crippen LogP contribution in [-0.2, 0) is 9.59 Å². The number of amides is 2. The van der Waals surface area contributed by atoms with Crippen molar-refractivity contribution in [1.29, 1.82) is 0 Å². The number of anilines is 1. The minimum absolute atomic E-state index is 0. The molecular formula is C17H26Cl2N6O2. The summed E-state index contributed by atoms with van der Waals surface area (Å²) in [7, 11) is 0. The van der Waals surface area contributed by atoms with Crippen molar-refractivity contribution in [2.45, 2.75) is 33.7 Å². The first-order valence-electron chi connectivity index (χ1n) is 8.10. The van der Waals surface area contributed by atoms with Gasteiger partial charge < -0.3 is 16.4 Å². The Morgan fingerprint density at radius 1 is 1.22 bits per heavy atom. The smallest absolute Gasteiger partial charge is 0.243 e. The van der Waals surface area contributed by atoms with Gasteiger partial charge in [-0.2, -0.15) is 5.10 Å². The molecule has 0 saturated heterocycles. The molecule has 4 N–H and O–H groups in total. The second-order valence-corrected chi connectivity index (χ2v) is 6.28. The fourth-order valence-corrected chi connectivity index (χ4v) is 2.24. The molecule has 2 aromatic heterocycles. The van der Waals surface area contributed by atoms with E-state index in [1.54, 1.807) is 23.0 Å². The Hall–Kier alpha value is -2.16. The number of nitrogens with two attached hydrogens (primary N) is 1. The number of aryl methyl sites for hydroxylation is 2. The number of carbonyl (C=O) groups is 2. The van der Waals surface area contributed by atoms with Crippen LogP contribution in [0.1, 0.15) is 25.2 Å². The van der Waals surface area contributed by atoms with Gasteiger partial charge in [-0.25, -0.2) is 9.67 Å². The highest BCUT2D eigenvalue weighted by molar-refractivity contribution is 5.95. The van der Waals surface area contributed by atoms with Crippen molar-refractivity contribution in [3.8, 4) is 5.82 Å². The monoisotopic (exact) mass is 416 g/mol. The second kappa shape index (κ2) is 10.9. The molecule has 10 heteroatoms. The van der Waals surface area contributed by atoms with Crippen LogP contribution in [0.3, 0.4) is 0 Å². The predicted octanol–water partition coefficient (Wildman–Crippen LogP) is 1.77. The summed E-state index contributed by atoms with van der Waals surface area (Å²) in [5, 5.41) is 9.56. The summed E-state index contributed by atoms with van der Waals surface area (Å²) in [5.41, 5.74) is 8.15. The lowest BCUT2D eigenvalue weighted by Gasteiger charge is -2.15. The normalized spacial score (nSPS) is 11.2. The molecule has 2 rings (SSSR count).